The van der Waals surface area contributed by atoms with Gasteiger partial charge in [0.2, 0.25) is 0 Å². The Balaban J connectivity index is 1.76. The molecule has 0 aliphatic heterocycles. The molecule has 0 spiro atoms. The lowest BCUT2D eigenvalue weighted by Crippen LogP contribution is -2.19. The maximum atomic E-state index is 13.2. The van der Waals surface area contributed by atoms with Crippen molar-refractivity contribution in [1.82, 2.24) is 0 Å². The van der Waals surface area contributed by atoms with Gasteiger partial charge in [-0.05, 0) is 42.2 Å². The first-order valence-corrected chi connectivity index (χ1v) is 6.10. The fourth-order valence-electron chi connectivity index (χ4n) is 2.59. The van der Waals surface area contributed by atoms with E-state index in [2.05, 4.69) is 29.6 Å². The van der Waals surface area contributed by atoms with Crippen molar-refractivity contribution in [2.75, 3.05) is 11.1 Å². The van der Waals surface area contributed by atoms with Crippen molar-refractivity contribution in [1.29, 1.82) is 0 Å². The predicted octanol–water partition coefficient (Wildman–Crippen LogP) is 2.99. The number of hydrogen-bond acceptors (Lipinski definition) is 2. The Labute approximate surface area is 106 Å². The highest BCUT2D eigenvalue weighted by atomic mass is 19.1. The summed E-state index contributed by atoms with van der Waals surface area (Å²) < 4.78 is 13.2. The molecule has 2 aromatic rings. The van der Waals surface area contributed by atoms with Gasteiger partial charge in [-0.1, -0.05) is 24.3 Å². The number of anilines is 2. The van der Waals surface area contributed by atoms with Crippen molar-refractivity contribution in [3.63, 3.8) is 0 Å². The summed E-state index contributed by atoms with van der Waals surface area (Å²) in [5, 5.41) is 3.35. The SMILES string of the molecule is Nc1cc(F)cc(NC2Cc3ccccc3C2)c1. The van der Waals surface area contributed by atoms with Crippen molar-refractivity contribution in [3.05, 3.63) is 59.4 Å². The molecule has 3 N–H and O–H groups in total. The monoisotopic (exact) mass is 242 g/mol. The Morgan fingerprint density at radius 1 is 1.06 bits per heavy atom. The van der Waals surface area contributed by atoms with Crippen molar-refractivity contribution in [2.24, 2.45) is 0 Å². The Morgan fingerprint density at radius 3 is 2.33 bits per heavy atom. The van der Waals surface area contributed by atoms with Gasteiger partial charge in [-0.15, -0.1) is 0 Å². The fraction of sp³-hybridized carbons (Fsp3) is 0.200. The van der Waals surface area contributed by atoms with E-state index < -0.39 is 0 Å². The number of rotatable bonds is 2. The van der Waals surface area contributed by atoms with Crippen molar-refractivity contribution in [3.8, 4) is 0 Å². The fourth-order valence-corrected chi connectivity index (χ4v) is 2.59. The average Bonchev–Trinajstić information content (AvgIpc) is 2.69. The highest BCUT2D eigenvalue weighted by Gasteiger charge is 2.20. The normalized spacial score (nSPS) is 14.5. The lowest BCUT2D eigenvalue weighted by Gasteiger charge is -2.14. The maximum absolute atomic E-state index is 13.2. The first-order chi connectivity index (χ1) is 8.70. The molecule has 0 unspecified atom stereocenters. The molecule has 0 radical (unpaired) electrons. The van der Waals surface area contributed by atoms with E-state index >= 15 is 0 Å². The first-order valence-electron chi connectivity index (χ1n) is 6.10. The number of benzene rings is 2. The summed E-state index contributed by atoms with van der Waals surface area (Å²) in [6, 6.07) is 13.3. The van der Waals surface area contributed by atoms with Gasteiger partial charge in [0.15, 0.2) is 0 Å². The van der Waals surface area contributed by atoms with Crippen LogP contribution in [0.2, 0.25) is 0 Å². The number of fused-ring (bicyclic) bond motifs is 1. The number of nitrogens with two attached hydrogens (primary N) is 1. The molecule has 0 aromatic heterocycles. The number of nitrogen functional groups attached to an aromatic ring is 1. The smallest absolute Gasteiger partial charge is 0.127 e. The molecule has 18 heavy (non-hydrogen) atoms. The number of halogens is 1. The van der Waals surface area contributed by atoms with Crippen molar-refractivity contribution in [2.45, 2.75) is 18.9 Å². The minimum Gasteiger partial charge on any atom is -0.399 e. The molecule has 0 heterocycles. The van der Waals surface area contributed by atoms with Gasteiger partial charge in [-0.2, -0.15) is 0 Å². The molecule has 1 aliphatic rings. The molecule has 92 valence electrons. The maximum Gasteiger partial charge on any atom is 0.127 e. The molecule has 0 fully saturated rings. The molecular weight excluding hydrogens is 227 g/mol. The summed E-state index contributed by atoms with van der Waals surface area (Å²) >= 11 is 0. The van der Waals surface area contributed by atoms with Gasteiger partial charge in [0.25, 0.3) is 0 Å². The summed E-state index contributed by atoms with van der Waals surface area (Å²) in [6.45, 7) is 0. The summed E-state index contributed by atoms with van der Waals surface area (Å²) in [5.41, 5.74) is 9.59. The summed E-state index contributed by atoms with van der Waals surface area (Å²) in [5.74, 6) is -0.298. The zero-order valence-electron chi connectivity index (χ0n) is 9.99. The molecule has 3 heteroatoms. The van der Waals surface area contributed by atoms with Crippen LogP contribution in [0.5, 0.6) is 0 Å². The molecule has 0 amide bonds. The zero-order valence-corrected chi connectivity index (χ0v) is 9.99. The van der Waals surface area contributed by atoms with Crippen molar-refractivity contribution < 1.29 is 4.39 Å². The van der Waals surface area contributed by atoms with E-state index in [9.17, 15) is 4.39 Å². The van der Waals surface area contributed by atoms with E-state index in [1.165, 1.54) is 23.3 Å². The Kier molecular flexibility index (Phi) is 2.67. The second kappa shape index (κ2) is 4.33. The van der Waals surface area contributed by atoms with E-state index in [4.69, 9.17) is 5.73 Å². The van der Waals surface area contributed by atoms with Crippen LogP contribution < -0.4 is 11.1 Å². The highest BCUT2D eigenvalue weighted by molar-refractivity contribution is 5.56. The first kappa shape index (κ1) is 11.1. The van der Waals surface area contributed by atoms with Crippen LogP contribution in [0, 0.1) is 5.82 Å². The van der Waals surface area contributed by atoms with Gasteiger partial charge in [-0.25, -0.2) is 4.39 Å². The predicted molar refractivity (Wildman–Crippen MR) is 72.1 cm³/mol. The molecule has 1 aliphatic carbocycles. The van der Waals surface area contributed by atoms with Crippen LogP contribution in [-0.4, -0.2) is 6.04 Å². The van der Waals surface area contributed by atoms with Crippen LogP contribution in [0.25, 0.3) is 0 Å². The molecule has 2 aromatic carbocycles. The van der Waals surface area contributed by atoms with Gasteiger partial charge in [0, 0.05) is 17.4 Å². The zero-order chi connectivity index (χ0) is 12.5. The standard InChI is InChI=1S/C15H15FN2/c16-12-7-13(17)9-15(8-12)18-14-5-10-3-1-2-4-11(10)6-14/h1-4,7-9,14,18H,5-6,17H2. The van der Waals surface area contributed by atoms with Crippen LogP contribution in [-0.2, 0) is 12.8 Å². The Morgan fingerprint density at radius 2 is 1.72 bits per heavy atom. The highest BCUT2D eigenvalue weighted by Crippen LogP contribution is 2.25. The summed E-state index contributed by atoms with van der Waals surface area (Å²) in [6.07, 6.45) is 1.96. The lowest BCUT2D eigenvalue weighted by molar-refractivity contribution is 0.628. The van der Waals surface area contributed by atoms with Crippen LogP contribution in [0.1, 0.15) is 11.1 Å². The third kappa shape index (κ3) is 2.16. The average molecular weight is 242 g/mol. The largest absolute Gasteiger partial charge is 0.399 e. The molecule has 0 bridgehead atoms. The summed E-state index contributed by atoms with van der Waals surface area (Å²) in [4.78, 5) is 0. The lowest BCUT2D eigenvalue weighted by atomic mass is 10.1. The van der Waals surface area contributed by atoms with Crippen LogP contribution in [0.4, 0.5) is 15.8 Å². The molecule has 0 saturated carbocycles. The molecule has 2 nitrogen and oxygen atoms in total. The number of hydrogen-bond donors (Lipinski definition) is 2. The van der Waals surface area contributed by atoms with E-state index in [1.54, 1.807) is 6.07 Å². The quantitative estimate of drug-likeness (QED) is 0.794. The van der Waals surface area contributed by atoms with Crippen LogP contribution in [0.15, 0.2) is 42.5 Å². The van der Waals surface area contributed by atoms with E-state index in [0.717, 1.165) is 18.5 Å². The van der Waals surface area contributed by atoms with Gasteiger partial charge in [0.1, 0.15) is 5.82 Å². The summed E-state index contributed by atoms with van der Waals surface area (Å²) in [7, 11) is 0. The van der Waals surface area contributed by atoms with Gasteiger partial charge in [-0.3, -0.25) is 0 Å². The second-order valence-electron chi connectivity index (χ2n) is 4.79. The molecule has 0 saturated heterocycles. The minimum absolute atomic E-state index is 0.298. The van der Waals surface area contributed by atoms with Gasteiger partial charge >= 0.3 is 0 Å². The molecule has 0 atom stereocenters. The third-order valence-electron chi connectivity index (χ3n) is 3.34. The van der Waals surface area contributed by atoms with E-state index in [0.29, 0.717) is 11.7 Å². The second-order valence-corrected chi connectivity index (χ2v) is 4.79. The molecular formula is C15H15FN2. The van der Waals surface area contributed by atoms with Gasteiger partial charge < -0.3 is 11.1 Å². The minimum atomic E-state index is -0.298. The van der Waals surface area contributed by atoms with Crippen LogP contribution >= 0.6 is 0 Å². The van der Waals surface area contributed by atoms with E-state index in [1.807, 2.05) is 0 Å². The molecule has 3 rings (SSSR count). The van der Waals surface area contributed by atoms with E-state index in [-0.39, 0.29) is 5.82 Å². The van der Waals surface area contributed by atoms with Gasteiger partial charge in [0.05, 0.1) is 0 Å². The number of nitrogens with one attached hydrogen (secondary N) is 1. The topological polar surface area (TPSA) is 38.0 Å². The third-order valence-corrected chi connectivity index (χ3v) is 3.34. The Hall–Kier alpha value is -2.03. The Bertz CT molecular complexity index is 535. The van der Waals surface area contributed by atoms with Crippen LogP contribution in [0.3, 0.4) is 0 Å². The van der Waals surface area contributed by atoms with Crippen molar-refractivity contribution >= 4 is 11.4 Å².